The summed E-state index contributed by atoms with van der Waals surface area (Å²) in [7, 11) is 0. The van der Waals surface area contributed by atoms with Crippen molar-refractivity contribution in [2.45, 2.75) is 18.2 Å². The molecular formula is C11H9BrF2N2O. The fourth-order valence-electron chi connectivity index (χ4n) is 1.34. The first-order valence-corrected chi connectivity index (χ1v) is 5.96. The SMILES string of the molecule is CCC(Br)c1nc(-c2cc(F)cc(F)c2)no1. The Morgan fingerprint density at radius 1 is 1.29 bits per heavy atom. The number of alkyl halides is 1. The van der Waals surface area contributed by atoms with Gasteiger partial charge in [-0.1, -0.05) is 28.0 Å². The minimum atomic E-state index is -0.669. The lowest BCUT2D eigenvalue weighted by molar-refractivity contribution is 0.377. The maximum absolute atomic E-state index is 13.0. The zero-order valence-electron chi connectivity index (χ0n) is 8.95. The van der Waals surface area contributed by atoms with Gasteiger partial charge in [-0.05, 0) is 18.6 Å². The van der Waals surface area contributed by atoms with Crippen molar-refractivity contribution in [3.05, 3.63) is 35.7 Å². The van der Waals surface area contributed by atoms with E-state index in [0.29, 0.717) is 5.89 Å². The Hall–Kier alpha value is -1.30. The highest BCUT2D eigenvalue weighted by Gasteiger charge is 2.15. The van der Waals surface area contributed by atoms with E-state index >= 15 is 0 Å². The van der Waals surface area contributed by atoms with Gasteiger partial charge in [-0.15, -0.1) is 0 Å². The molecule has 6 heteroatoms. The summed E-state index contributed by atoms with van der Waals surface area (Å²) in [4.78, 5) is 4.02. The molecule has 1 aromatic heterocycles. The van der Waals surface area contributed by atoms with E-state index in [9.17, 15) is 8.78 Å². The van der Waals surface area contributed by atoms with Crippen LogP contribution in [0, 0.1) is 11.6 Å². The van der Waals surface area contributed by atoms with E-state index in [1.54, 1.807) is 0 Å². The molecule has 90 valence electrons. The molecule has 0 fully saturated rings. The van der Waals surface area contributed by atoms with Gasteiger partial charge in [0.2, 0.25) is 11.7 Å². The van der Waals surface area contributed by atoms with Crippen LogP contribution in [0.25, 0.3) is 11.4 Å². The van der Waals surface area contributed by atoms with Gasteiger partial charge in [0.25, 0.3) is 0 Å². The third kappa shape index (κ3) is 2.69. The highest BCUT2D eigenvalue weighted by Crippen LogP contribution is 2.27. The molecule has 0 aliphatic carbocycles. The predicted molar refractivity (Wildman–Crippen MR) is 61.6 cm³/mol. The molecule has 17 heavy (non-hydrogen) atoms. The topological polar surface area (TPSA) is 38.9 Å². The molecule has 3 nitrogen and oxygen atoms in total. The molecule has 0 aliphatic rings. The van der Waals surface area contributed by atoms with Crippen molar-refractivity contribution < 1.29 is 13.3 Å². The summed E-state index contributed by atoms with van der Waals surface area (Å²) in [6, 6.07) is 3.11. The molecule has 1 atom stereocenters. The summed E-state index contributed by atoms with van der Waals surface area (Å²) in [5.41, 5.74) is 0.258. The quantitative estimate of drug-likeness (QED) is 0.808. The molecule has 2 aromatic rings. The van der Waals surface area contributed by atoms with Crippen LogP contribution >= 0.6 is 15.9 Å². The van der Waals surface area contributed by atoms with Crippen molar-refractivity contribution in [2.75, 3.05) is 0 Å². The molecular weight excluding hydrogens is 294 g/mol. The highest BCUT2D eigenvalue weighted by molar-refractivity contribution is 9.09. The fraction of sp³-hybridized carbons (Fsp3) is 0.273. The highest BCUT2D eigenvalue weighted by atomic mass is 79.9. The maximum Gasteiger partial charge on any atom is 0.240 e. The summed E-state index contributed by atoms with van der Waals surface area (Å²) in [5.74, 6) is -0.766. The second kappa shape index (κ2) is 4.91. The first-order chi connectivity index (χ1) is 8.10. The normalized spacial score (nSPS) is 12.7. The largest absolute Gasteiger partial charge is 0.338 e. The Balaban J connectivity index is 2.36. The van der Waals surface area contributed by atoms with E-state index in [1.807, 2.05) is 6.92 Å². The zero-order valence-corrected chi connectivity index (χ0v) is 10.5. The Labute approximate surface area is 105 Å². The molecule has 1 aromatic carbocycles. The summed E-state index contributed by atoms with van der Waals surface area (Å²) in [5, 5.41) is 3.69. The Bertz CT molecular complexity index is 510. The lowest BCUT2D eigenvalue weighted by Gasteiger charge is -1.97. The molecule has 2 rings (SSSR count). The average molecular weight is 303 g/mol. The molecule has 0 saturated carbocycles. The van der Waals surface area contributed by atoms with Crippen LogP contribution in [0.15, 0.2) is 22.7 Å². The number of halogens is 3. The summed E-state index contributed by atoms with van der Waals surface area (Å²) in [6.07, 6.45) is 0.777. The number of rotatable bonds is 3. The van der Waals surface area contributed by atoms with E-state index < -0.39 is 11.6 Å². The zero-order chi connectivity index (χ0) is 12.4. The van der Waals surface area contributed by atoms with Crippen molar-refractivity contribution in [1.29, 1.82) is 0 Å². The van der Waals surface area contributed by atoms with E-state index in [4.69, 9.17) is 4.52 Å². The molecule has 0 saturated heterocycles. The van der Waals surface area contributed by atoms with Gasteiger partial charge in [0, 0.05) is 11.6 Å². The van der Waals surface area contributed by atoms with Crippen molar-refractivity contribution in [2.24, 2.45) is 0 Å². The second-order valence-corrected chi connectivity index (χ2v) is 4.60. The van der Waals surface area contributed by atoms with E-state index in [2.05, 4.69) is 26.1 Å². The van der Waals surface area contributed by atoms with Crippen LogP contribution in [0.4, 0.5) is 8.78 Å². The lowest BCUT2D eigenvalue weighted by atomic mass is 10.2. The smallest absolute Gasteiger partial charge is 0.240 e. The van der Waals surface area contributed by atoms with Crippen molar-refractivity contribution >= 4 is 15.9 Å². The molecule has 1 heterocycles. The Morgan fingerprint density at radius 3 is 2.53 bits per heavy atom. The first-order valence-electron chi connectivity index (χ1n) is 5.04. The second-order valence-electron chi connectivity index (χ2n) is 3.49. The summed E-state index contributed by atoms with van der Waals surface area (Å²) in [6.45, 7) is 1.95. The number of benzene rings is 1. The van der Waals surface area contributed by atoms with Gasteiger partial charge in [0.1, 0.15) is 11.6 Å². The Kier molecular flexibility index (Phi) is 3.51. The van der Waals surface area contributed by atoms with Crippen molar-refractivity contribution in [1.82, 2.24) is 10.1 Å². The van der Waals surface area contributed by atoms with Gasteiger partial charge in [-0.3, -0.25) is 0 Å². The van der Waals surface area contributed by atoms with Crippen molar-refractivity contribution in [3.8, 4) is 11.4 Å². The minimum Gasteiger partial charge on any atom is -0.338 e. The molecule has 0 radical (unpaired) electrons. The van der Waals surface area contributed by atoms with Gasteiger partial charge in [-0.2, -0.15) is 4.98 Å². The third-order valence-electron chi connectivity index (χ3n) is 2.19. The first kappa shape index (κ1) is 12.2. The van der Waals surface area contributed by atoms with Crippen LogP contribution in [0.3, 0.4) is 0 Å². The molecule has 0 N–H and O–H groups in total. The van der Waals surface area contributed by atoms with Crippen LogP contribution in [-0.4, -0.2) is 10.1 Å². The van der Waals surface area contributed by atoms with Crippen molar-refractivity contribution in [3.63, 3.8) is 0 Å². The van der Waals surface area contributed by atoms with E-state index in [1.165, 1.54) is 0 Å². The Morgan fingerprint density at radius 2 is 1.94 bits per heavy atom. The summed E-state index contributed by atoms with van der Waals surface area (Å²) < 4.78 is 31.0. The van der Waals surface area contributed by atoms with Gasteiger partial charge >= 0.3 is 0 Å². The number of hydrogen-bond donors (Lipinski definition) is 0. The molecule has 0 bridgehead atoms. The van der Waals surface area contributed by atoms with Crippen LogP contribution in [0.2, 0.25) is 0 Å². The van der Waals surface area contributed by atoms with E-state index in [-0.39, 0.29) is 16.2 Å². The number of aromatic nitrogens is 2. The average Bonchev–Trinajstić information content (AvgIpc) is 2.76. The predicted octanol–water partition coefficient (Wildman–Crippen LogP) is 3.86. The summed E-state index contributed by atoms with van der Waals surface area (Å²) >= 11 is 3.36. The van der Waals surface area contributed by atoms with Gasteiger partial charge in [-0.25, -0.2) is 8.78 Å². The molecule has 1 unspecified atom stereocenters. The third-order valence-corrected chi connectivity index (χ3v) is 3.23. The van der Waals surface area contributed by atoms with Gasteiger partial charge in [0.15, 0.2) is 0 Å². The lowest BCUT2D eigenvalue weighted by Crippen LogP contribution is -1.89. The molecule has 0 amide bonds. The number of hydrogen-bond acceptors (Lipinski definition) is 3. The number of nitrogens with zero attached hydrogens (tertiary/aromatic N) is 2. The van der Waals surface area contributed by atoms with Crippen LogP contribution in [0.5, 0.6) is 0 Å². The van der Waals surface area contributed by atoms with Crippen LogP contribution in [0.1, 0.15) is 24.1 Å². The standard InChI is InChI=1S/C11H9BrF2N2O/c1-2-9(12)11-15-10(16-17-11)6-3-7(13)5-8(14)4-6/h3-5,9H,2H2,1H3. The van der Waals surface area contributed by atoms with Crippen LogP contribution < -0.4 is 0 Å². The minimum absolute atomic E-state index is 0.0536. The molecule has 0 spiro atoms. The fourth-order valence-corrected chi connectivity index (χ4v) is 1.52. The van der Waals surface area contributed by atoms with Crippen LogP contribution in [-0.2, 0) is 0 Å². The monoisotopic (exact) mass is 302 g/mol. The van der Waals surface area contributed by atoms with Gasteiger partial charge in [0.05, 0.1) is 4.83 Å². The molecule has 0 aliphatic heterocycles. The maximum atomic E-state index is 13.0. The van der Waals surface area contributed by atoms with Gasteiger partial charge < -0.3 is 4.52 Å². The van der Waals surface area contributed by atoms with E-state index in [0.717, 1.165) is 24.6 Å².